The molecule has 2 aromatic heterocycles. The molecule has 1 aliphatic heterocycles. The molecule has 3 aliphatic carbocycles. The van der Waals surface area contributed by atoms with Gasteiger partial charge in [-0.1, -0.05) is 12.5 Å². The topological polar surface area (TPSA) is 60.6 Å². The fourth-order valence-electron chi connectivity index (χ4n) is 5.73. The first kappa shape index (κ1) is 18.9. The van der Waals surface area contributed by atoms with E-state index in [4.69, 9.17) is 4.98 Å². The number of aromatic nitrogens is 5. The quantitative estimate of drug-likeness (QED) is 0.631. The van der Waals surface area contributed by atoms with E-state index in [9.17, 15) is 13.2 Å². The normalized spacial score (nSPS) is 29.0. The van der Waals surface area contributed by atoms with Crippen molar-refractivity contribution >= 4 is 5.95 Å². The van der Waals surface area contributed by atoms with Gasteiger partial charge in [-0.15, -0.1) is 5.10 Å². The molecule has 3 fully saturated rings. The molecule has 7 rings (SSSR count). The lowest BCUT2D eigenvalue weighted by atomic mass is 9.44. The van der Waals surface area contributed by atoms with Crippen LogP contribution in [0.25, 0.3) is 0 Å². The maximum Gasteiger partial charge on any atom is 0.242 e. The van der Waals surface area contributed by atoms with Crippen molar-refractivity contribution in [1.82, 2.24) is 24.3 Å². The fourth-order valence-corrected chi connectivity index (χ4v) is 5.73. The minimum absolute atomic E-state index is 0.0194. The molecule has 0 saturated heterocycles. The molecule has 3 aromatic rings. The van der Waals surface area contributed by atoms with E-state index in [1.807, 2.05) is 13.3 Å². The predicted molar refractivity (Wildman–Crippen MR) is 107 cm³/mol. The zero-order valence-corrected chi connectivity index (χ0v) is 17.2. The van der Waals surface area contributed by atoms with E-state index in [2.05, 4.69) is 26.2 Å². The molecule has 0 amide bonds. The summed E-state index contributed by atoms with van der Waals surface area (Å²) in [5, 5.41) is 8.13. The third-order valence-corrected chi connectivity index (χ3v) is 7.20. The van der Waals surface area contributed by atoms with Gasteiger partial charge in [0.05, 0.1) is 17.6 Å². The molecule has 31 heavy (non-hydrogen) atoms. The van der Waals surface area contributed by atoms with Gasteiger partial charge < -0.3 is 9.88 Å². The van der Waals surface area contributed by atoms with Crippen LogP contribution in [0.2, 0.25) is 0 Å². The molecule has 1 N–H and O–H groups in total. The van der Waals surface area contributed by atoms with Crippen molar-refractivity contribution in [2.75, 3.05) is 5.32 Å². The number of nitrogens with zero attached hydrogens (tertiary/aromatic N) is 5. The number of halogens is 3. The highest BCUT2D eigenvalue weighted by atomic mass is 19.2. The van der Waals surface area contributed by atoms with Crippen molar-refractivity contribution in [2.24, 2.45) is 0 Å². The number of aryl methyl sites for hydroxylation is 2. The van der Waals surface area contributed by atoms with Gasteiger partial charge in [0, 0.05) is 29.8 Å². The van der Waals surface area contributed by atoms with Crippen LogP contribution in [-0.4, -0.2) is 29.9 Å². The molecule has 9 heteroatoms. The number of anilines is 1. The molecule has 0 unspecified atom stereocenters. The van der Waals surface area contributed by atoms with Crippen LogP contribution in [0, 0.1) is 24.4 Å². The Morgan fingerprint density at radius 1 is 1.10 bits per heavy atom. The third-order valence-electron chi connectivity index (χ3n) is 7.20. The summed E-state index contributed by atoms with van der Waals surface area (Å²) >= 11 is 0. The molecule has 6 nitrogen and oxygen atoms in total. The summed E-state index contributed by atoms with van der Waals surface area (Å²) in [6.45, 7) is 2.67. The Morgan fingerprint density at radius 3 is 2.65 bits per heavy atom. The molecular weight excluding hydrogens is 405 g/mol. The molecule has 1 atom stereocenters. The first-order chi connectivity index (χ1) is 14.9. The second kappa shape index (κ2) is 6.34. The van der Waals surface area contributed by atoms with Gasteiger partial charge in [-0.2, -0.15) is 4.98 Å². The summed E-state index contributed by atoms with van der Waals surface area (Å²) in [4.78, 5) is 9.03. The number of fused-ring (bicyclic) bond motifs is 1. The first-order valence-electron chi connectivity index (χ1n) is 10.8. The van der Waals surface area contributed by atoms with Gasteiger partial charge in [-0.05, 0) is 45.1 Å². The first-order valence-corrected chi connectivity index (χ1v) is 10.8. The van der Waals surface area contributed by atoms with Crippen molar-refractivity contribution in [2.45, 2.75) is 69.0 Å². The zero-order valence-electron chi connectivity index (χ0n) is 17.2. The minimum Gasteiger partial charge on any atom is -0.347 e. The number of hydrogen-bond donors (Lipinski definition) is 1. The second-order valence-corrected chi connectivity index (χ2v) is 9.41. The highest BCUT2D eigenvalue weighted by molar-refractivity contribution is 5.42. The predicted octanol–water partition coefficient (Wildman–Crippen LogP) is 4.26. The summed E-state index contributed by atoms with van der Waals surface area (Å²) in [6.07, 6.45) is 9.29. The monoisotopic (exact) mass is 428 g/mol. The van der Waals surface area contributed by atoms with Gasteiger partial charge in [-0.3, -0.25) is 0 Å². The van der Waals surface area contributed by atoms with E-state index in [1.54, 1.807) is 4.68 Å². The average molecular weight is 428 g/mol. The molecular formula is C22H23F3N6. The van der Waals surface area contributed by atoms with Crippen LogP contribution in [-0.2, 0) is 12.1 Å². The van der Waals surface area contributed by atoms with Crippen LogP contribution in [0.5, 0.6) is 0 Å². The fraction of sp³-hybridized carbons (Fsp3) is 0.500. The molecule has 0 radical (unpaired) electrons. The Labute approximate surface area is 177 Å². The summed E-state index contributed by atoms with van der Waals surface area (Å²) in [5.41, 5.74) is 1.28. The van der Waals surface area contributed by atoms with E-state index in [-0.39, 0.29) is 16.6 Å². The van der Waals surface area contributed by atoms with Crippen molar-refractivity contribution in [3.63, 3.8) is 0 Å². The number of nitrogens with one attached hydrogen (secondary N) is 1. The van der Waals surface area contributed by atoms with Gasteiger partial charge in [0.1, 0.15) is 5.82 Å². The lowest BCUT2D eigenvalue weighted by Crippen LogP contribution is -2.75. The van der Waals surface area contributed by atoms with Gasteiger partial charge >= 0.3 is 0 Å². The van der Waals surface area contributed by atoms with Crippen LogP contribution >= 0.6 is 0 Å². The van der Waals surface area contributed by atoms with Gasteiger partial charge in [-0.25, -0.2) is 22.8 Å². The van der Waals surface area contributed by atoms with Crippen LogP contribution in [0.15, 0.2) is 24.7 Å². The Balaban J connectivity index is 1.25. The number of benzene rings is 1. The Kier molecular flexibility index (Phi) is 3.86. The number of imidazole rings is 1. The summed E-state index contributed by atoms with van der Waals surface area (Å²) in [6, 6.07) is 2.31. The minimum atomic E-state index is -1.43. The maximum absolute atomic E-state index is 14.5. The molecule has 2 bridgehead atoms. The lowest BCUT2D eigenvalue weighted by Gasteiger charge is -2.70. The van der Waals surface area contributed by atoms with Gasteiger partial charge in [0.15, 0.2) is 17.5 Å². The van der Waals surface area contributed by atoms with Gasteiger partial charge in [0.25, 0.3) is 0 Å². The summed E-state index contributed by atoms with van der Waals surface area (Å²) < 4.78 is 45.8. The van der Waals surface area contributed by atoms with Crippen LogP contribution in [0.1, 0.15) is 61.5 Å². The van der Waals surface area contributed by atoms with E-state index < -0.39 is 23.4 Å². The van der Waals surface area contributed by atoms with E-state index in [1.165, 1.54) is 6.07 Å². The molecule has 0 spiro atoms. The lowest BCUT2D eigenvalue weighted by molar-refractivity contribution is -0.100. The largest absolute Gasteiger partial charge is 0.347 e. The standard InChI is InChI=1S/C22H23F3N6/c1-13-8-30(12-26-13)22-9-21(10-22,11-22)28-20-27-19-15(4-2-3-7-31(19)29-20)14-5-6-16(23)18(25)17(14)24/h5-6,8,12,15H,2-4,7,9-11H2,1H3,(H,28,29)/t15-,21?,22?/m0/s1. The van der Waals surface area contributed by atoms with Crippen molar-refractivity contribution in [3.8, 4) is 0 Å². The average Bonchev–Trinajstić information content (AvgIpc) is 3.24. The van der Waals surface area contributed by atoms with Crippen LogP contribution in [0.4, 0.5) is 19.1 Å². The highest BCUT2D eigenvalue weighted by Gasteiger charge is 2.69. The smallest absolute Gasteiger partial charge is 0.242 e. The molecule has 3 heterocycles. The Hall–Kier alpha value is -2.84. The third kappa shape index (κ3) is 2.74. The van der Waals surface area contributed by atoms with E-state index >= 15 is 0 Å². The van der Waals surface area contributed by atoms with Crippen LogP contribution in [0.3, 0.4) is 0 Å². The second-order valence-electron chi connectivity index (χ2n) is 9.41. The number of rotatable bonds is 4. The van der Waals surface area contributed by atoms with Crippen molar-refractivity contribution in [3.05, 3.63) is 59.2 Å². The van der Waals surface area contributed by atoms with Crippen LogP contribution < -0.4 is 5.32 Å². The van der Waals surface area contributed by atoms with Gasteiger partial charge in [0.2, 0.25) is 5.95 Å². The number of hydrogen-bond acceptors (Lipinski definition) is 4. The molecule has 162 valence electrons. The van der Waals surface area contributed by atoms with E-state index in [0.29, 0.717) is 24.7 Å². The summed E-state index contributed by atoms with van der Waals surface area (Å²) in [5.74, 6) is -3.05. The highest BCUT2D eigenvalue weighted by Crippen LogP contribution is 2.66. The van der Waals surface area contributed by atoms with Crippen molar-refractivity contribution in [1.29, 1.82) is 0 Å². The molecule has 1 aromatic carbocycles. The molecule has 3 saturated carbocycles. The summed E-state index contributed by atoms with van der Waals surface area (Å²) in [7, 11) is 0. The zero-order chi connectivity index (χ0) is 21.4. The molecule has 4 aliphatic rings. The Bertz CT molecular complexity index is 1160. The maximum atomic E-state index is 14.5. The van der Waals surface area contributed by atoms with Crippen molar-refractivity contribution < 1.29 is 13.2 Å². The SMILES string of the molecule is Cc1cn(C23CC(Nc4nc5n(n4)CCCC[C@H]5c4ccc(F)c(F)c4F)(C2)C3)cn1. The van der Waals surface area contributed by atoms with E-state index in [0.717, 1.165) is 43.9 Å². The Morgan fingerprint density at radius 2 is 1.90 bits per heavy atom.